The summed E-state index contributed by atoms with van der Waals surface area (Å²) in [7, 11) is -2.32. The maximum atomic E-state index is 13.6. The van der Waals surface area contributed by atoms with Crippen LogP contribution in [0.3, 0.4) is 0 Å². The number of carboxylic acids is 1. The molecule has 2 rings (SSSR count). The third kappa shape index (κ3) is 7.53. The van der Waals surface area contributed by atoms with Crippen molar-refractivity contribution >= 4 is 27.7 Å². The molecule has 2 atom stereocenters. The Morgan fingerprint density at radius 2 is 1.74 bits per heavy atom. The van der Waals surface area contributed by atoms with Crippen LogP contribution in [-0.2, 0) is 26.0 Å². The lowest BCUT2D eigenvalue weighted by Crippen LogP contribution is -2.29. The van der Waals surface area contributed by atoms with E-state index in [2.05, 4.69) is 9.97 Å². The molecular formula is C24H32FN3O6S. The van der Waals surface area contributed by atoms with E-state index in [0.717, 1.165) is 10.6 Å². The first-order chi connectivity index (χ1) is 16.2. The molecule has 1 aromatic heterocycles. The Kier molecular flexibility index (Phi) is 9.45. The minimum Gasteiger partial charge on any atom is -0.481 e. The topological polar surface area (TPSA) is 138 Å². The first kappa shape index (κ1) is 28.3. The number of hydrogen-bond acceptors (Lipinski definition) is 7. The highest BCUT2D eigenvalue weighted by Crippen LogP contribution is 2.33. The lowest BCUT2D eigenvalue weighted by Gasteiger charge is -2.26. The highest BCUT2D eigenvalue weighted by Gasteiger charge is 2.28. The Balaban J connectivity index is 2.63. The van der Waals surface area contributed by atoms with Gasteiger partial charge in [0.25, 0.3) is 0 Å². The minimum atomic E-state index is -3.66. The SMILES string of the molecule is CCC(Cc1c(-c2ccc(F)cc2)nc(N(C)S(C)(=O)=O)nc1C(C)C)[C@@H](O)CC(=O)CC(=O)O. The molecule has 1 heterocycles. The number of hydrogen-bond donors (Lipinski definition) is 2. The van der Waals surface area contributed by atoms with Crippen LogP contribution in [0.2, 0.25) is 0 Å². The van der Waals surface area contributed by atoms with E-state index in [1.54, 1.807) is 0 Å². The number of carbonyl (C=O) groups is 2. The molecule has 0 aliphatic carbocycles. The van der Waals surface area contributed by atoms with Gasteiger partial charge in [-0.2, -0.15) is 0 Å². The quantitative estimate of drug-likeness (QED) is 0.416. The lowest BCUT2D eigenvalue weighted by molar-refractivity contribution is -0.140. The fourth-order valence-electron chi connectivity index (χ4n) is 3.76. The second-order valence-corrected chi connectivity index (χ2v) is 10.9. The van der Waals surface area contributed by atoms with Gasteiger partial charge in [-0.1, -0.05) is 27.2 Å². The van der Waals surface area contributed by atoms with Gasteiger partial charge in [-0.05, 0) is 42.5 Å². The van der Waals surface area contributed by atoms with Crippen LogP contribution in [0.1, 0.15) is 57.2 Å². The van der Waals surface area contributed by atoms with Crippen LogP contribution in [0.4, 0.5) is 10.3 Å². The smallest absolute Gasteiger partial charge is 0.310 e. The molecule has 11 heteroatoms. The van der Waals surface area contributed by atoms with Crippen molar-refractivity contribution in [2.45, 2.75) is 58.5 Å². The van der Waals surface area contributed by atoms with Gasteiger partial charge >= 0.3 is 5.97 Å². The summed E-state index contributed by atoms with van der Waals surface area (Å²) in [5.74, 6) is -2.89. The van der Waals surface area contributed by atoms with Crippen LogP contribution in [-0.4, -0.2) is 59.8 Å². The molecule has 0 aliphatic rings. The number of Topliss-reactive ketones (excluding diaryl/α,β-unsaturated/α-hetero) is 1. The molecule has 0 bridgehead atoms. The first-order valence-corrected chi connectivity index (χ1v) is 13.1. The lowest BCUT2D eigenvalue weighted by atomic mass is 9.85. The van der Waals surface area contributed by atoms with E-state index in [0.29, 0.717) is 28.9 Å². The zero-order valence-electron chi connectivity index (χ0n) is 20.5. The normalized spacial score (nSPS) is 13.5. The van der Waals surface area contributed by atoms with Gasteiger partial charge in [0.1, 0.15) is 18.0 Å². The summed E-state index contributed by atoms with van der Waals surface area (Å²) in [5.41, 5.74) is 2.15. The number of aliphatic hydroxyl groups is 1. The highest BCUT2D eigenvalue weighted by atomic mass is 32.2. The van der Waals surface area contributed by atoms with E-state index in [9.17, 15) is 27.5 Å². The molecule has 0 radical (unpaired) electrons. The average Bonchev–Trinajstić information content (AvgIpc) is 2.75. The monoisotopic (exact) mass is 509 g/mol. The van der Waals surface area contributed by atoms with Gasteiger partial charge in [0.15, 0.2) is 0 Å². The number of halogens is 1. The summed E-state index contributed by atoms with van der Waals surface area (Å²) in [6, 6.07) is 5.60. The first-order valence-electron chi connectivity index (χ1n) is 11.3. The van der Waals surface area contributed by atoms with Crippen molar-refractivity contribution < 1.29 is 32.6 Å². The molecule has 9 nitrogen and oxygen atoms in total. The fraction of sp³-hybridized carbons (Fsp3) is 0.500. The predicted molar refractivity (Wildman–Crippen MR) is 130 cm³/mol. The van der Waals surface area contributed by atoms with Crippen molar-refractivity contribution in [1.82, 2.24) is 9.97 Å². The summed E-state index contributed by atoms with van der Waals surface area (Å²) in [6.45, 7) is 5.62. The number of benzene rings is 1. The van der Waals surface area contributed by atoms with E-state index in [1.807, 2.05) is 20.8 Å². The number of aliphatic hydroxyl groups excluding tert-OH is 1. The van der Waals surface area contributed by atoms with Crippen LogP contribution in [0.5, 0.6) is 0 Å². The van der Waals surface area contributed by atoms with Gasteiger partial charge in [0.05, 0.1) is 23.7 Å². The van der Waals surface area contributed by atoms with Crippen molar-refractivity contribution in [3.8, 4) is 11.3 Å². The van der Waals surface area contributed by atoms with E-state index >= 15 is 0 Å². The number of nitrogens with zero attached hydrogens (tertiary/aromatic N) is 3. The van der Waals surface area contributed by atoms with Crippen LogP contribution >= 0.6 is 0 Å². The molecule has 35 heavy (non-hydrogen) atoms. The molecular weight excluding hydrogens is 477 g/mol. The van der Waals surface area contributed by atoms with Crippen molar-refractivity contribution in [3.63, 3.8) is 0 Å². The van der Waals surface area contributed by atoms with Crippen LogP contribution in [0.25, 0.3) is 11.3 Å². The number of aliphatic carboxylic acids is 1. The fourth-order valence-corrected chi connectivity index (χ4v) is 4.14. The number of carbonyl (C=O) groups excluding carboxylic acids is 1. The van der Waals surface area contributed by atoms with Crippen molar-refractivity contribution in [3.05, 3.63) is 41.3 Å². The molecule has 0 aliphatic heterocycles. The van der Waals surface area contributed by atoms with Gasteiger partial charge in [0, 0.05) is 24.6 Å². The third-order valence-electron chi connectivity index (χ3n) is 5.79. The molecule has 0 saturated heterocycles. The molecule has 0 fully saturated rings. The number of anilines is 1. The Hall–Kier alpha value is -2.92. The van der Waals surface area contributed by atoms with Crippen LogP contribution in [0, 0.1) is 11.7 Å². The second-order valence-electron chi connectivity index (χ2n) is 8.88. The summed E-state index contributed by atoms with van der Waals surface area (Å²) in [4.78, 5) is 31.9. The molecule has 0 spiro atoms. The Morgan fingerprint density at radius 1 is 1.14 bits per heavy atom. The Bertz CT molecular complexity index is 1170. The van der Waals surface area contributed by atoms with E-state index in [4.69, 9.17) is 5.11 Å². The van der Waals surface area contributed by atoms with Crippen LogP contribution < -0.4 is 4.31 Å². The number of aromatic nitrogens is 2. The van der Waals surface area contributed by atoms with Crippen molar-refractivity contribution in [2.24, 2.45) is 5.92 Å². The van der Waals surface area contributed by atoms with Crippen LogP contribution in [0.15, 0.2) is 24.3 Å². The number of sulfonamides is 1. The number of rotatable bonds is 12. The molecule has 1 unspecified atom stereocenters. The van der Waals surface area contributed by atoms with E-state index in [1.165, 1.54) is 31.3 Å². The molecule has 1 aromatic carbocycles. The van der Waals surface area contributed by atoms with Crippen molar-refractivity contribution in [2.75, 3.05) is 17.6 Å². The Morgan fingerprint density at radius 3 is 2.23 bits per heavy atom. The average molecular weight is 510 g/mol. The predicted octanol–water partition coefficient (Wildman–Crippen LogP) is 3.17. The zero-order valence-corrected chi connectivity index (χ0v) is 21.3. The summed E-state index contributed by atoms with van der Waals surface area (Å²) in [6.07, 6.45) is -0.293. The van der Waals surface area contributed by atoms with E-state index in [-0.39, 0.29) is 24.7 Å². The maximum Gasteiger partial charge on any atom is 0.310 e. The molecule has 2 N–H and O–H groups in total. The standard InChI is InChI=1S/C24H32FN3O6S/c1-6-15(20(30)12-18(29)13-21(31)32)11-19-22(14(2)3)26-24(28(4)35(5,33)34)27-23(19)16-7-9-17(25)10-8-16/h7-10,14-15,20,30H,6,11-13H2,1-5H3,(H,31,32)/t15?,20-/m0/s1. The minimum absolute atomic E-state index is 0.0375. The van der Waals surface area contributed by atoms with E-state index < -0.39 is 46.0 Å². The maximum absolute atomic E-state index is 13.6. The summed E-state index contributed by atoms with van der Waals surface area (Å²) in [5, 5.41) is 19.6. The molecule has 0 amide bonds. The molecule has 192 valence electrons. The van der Waals surface area contributed by atoms with Gasteiger partial charge in [-0.15, -0.1) is 0 Å². The molecule has 2 aromatic rings. The van der Waals surface area contributed by atoms with Gasteiger partial charge in [-0.25, -0.2) is 27.1 Å². The molecule has 0 saturated carbocycles. The van der Waals surface area contributed by atoms with Gasteiger partial charge in [-0.3, -0.25) is 9.59 Å². The highest BCUT2D eigenvalue weighted by molar-refractivity contribution is 7.92. The number of ketones is 1. The van der Waals surface area contributed by atoms with Gasteiger partial charge in [0.2, 0.25) is 16.0 Å². The summed E-state index contributed by atoms with van der Waals surface area (Å²) < 4.78 is 38.9. The zero-order chi connectivity index (χ0) is 26.5. The summed E-state index contributed by atoms with van der Waals surface area (Å²) >= 11 is 0. The largest absolute Gasteiger partial charge is 0.481 e. The number of carboxylic acid groups (broad SMARTS) is 1. The second kappa shape index (κ2) is 11.7. The third-order valence-corrected chi connectivity index (χ3v) is 6.95. The van der Waals surface area contributed by atoms with Gasteiger partial charge < -0.3 is 10.2 Å². The Labute approximate surface area is 205 Å². The van der Waals surface area contributed by atoms with Crippen molar-refractivity contribution in [1.29, 1.82) is 0 Å².